The smallest absolute Gasteiger partial charge is 0.212 e. The highest BCUT2D eigenvalue weighted by molar-refractivity contribution is 7.89. The second-order valence-electron chi connectivity index (χ2n) is 5.80. The first-order chi connectivity index (χ1) is 8.53. The summed E-state index contributed by atoms with van der Waals surface area (Å²) < 4.78 is 26.9. The molecular weight excluding hydrogens is 246 g/mol. The molecule has 0 aromatic rings. The summed E-state index contributed by atoms with van der Waals surface area (Å²) in [5.74, 6) is 0.726. The molecule has 3 nitrogen and oxygen atoms in total. The fourth-order valence-corrected chi connectivity index (χ4v) is 4.56. The van der Waals surface area contributed by atoms with Crippen LogP contribution in [0.2, 0.25) is 0 Å². The maximum Gasteiger partial charge on any atom is 0.212 e. The van der Waals surface area contributed by atoms with Gasteiger partial charge in [-0.15, -0.1) is 0 Å². The Morgan fingerprint density at radius 3 is 2.44 bits per heavy atom. The molecule has 0 heterocycles. The minimum Gasteiger partial charge on any atom is -0.212 e. The number of unbranched alkanes of at least 4 members (excludes halogenated alkanes) is 2. The highest BCUT2D eigenvalue weighted by atomic mass is 32.2. The molecule has 18 heavy (non-hydrogen) atoms. The van der Waals surface area contributed by atoms with E-state index in [-0.39, 0.29) is 6.04 Å². The van der Waals surface area contributed by atoms with Crippen LogP contribution in [0.3, 0.4) is 0 Å². The van der Waals surface area contributed by atoms with Crippen molar-refractivity contribution in [3.8, 4) is 0 Å². The normalized spacial score (nSPS) is 19.9. The zero-order chi connectivity index (χ0) is 13.4. The monoisotopic (exact) mass is 275 g/mol. The van der Waals surface area contributed by atoms with Gasteiger partial charge in [0.25, 0.3) is 0 Å². The number of hydrogen-bond donors (Lipinski definition) is 1. The summed E-state index contributed by atoms with van der Waals surface area (Å²) in [6.07, 6.45) is 10.3. The Labute approximate surface area is 113 Å². The zero-order valence-electron chi connectivity index (χ0n) is 12.0. The van der Waals surface area contributed by atoms with Gasteiger partial charge >= 0.3 is 0 Å². The number of sulfonamides is 1. The largest absolute Gasteiger partial charge is 0.212 e. The topological polar surface area (TPSA) is 46.2 Å². The van der Waals surface area contributed by atoms with E-state index < -0.39 is 10.0 Å². The molecule has 1 N–H and O–H groups in total. The lowest BCUT2D eigenvalue weighted by molar-refractivity contribution is 0.383. The third kappa shape index (κ3) is 6.74. The fraction of sp³-hybridized carbons (Fsp3) is 1.00. The third-order valence-electron chi connectivity index (χ3n) is 3.80. The average Bonchev–Trinajstić information content (AvgIpc) is 2.29. The molecule has 0 radical (unpaired) electrons. The van der Waals surface area contributed by atoms with Gasteiger partial charge in [-0.2, -0.15) is 0 Å². The minimum atomic E-state index is -3.07. The highest BCUT2D eigenvalue weighted by Gasteiger charge is 2.22. The van der Waals surface area contributed by atoms with Gasteiger partial charge in [-0.1, -0.05) is 45.4 Å². The molecule has 0 spiro atoms. The molecule has 1 saturated carbocycles. The van der Waals surface area contributed by atoms with Crippen molar-refractivity contribution < 1.29 is 8.42 Å². The van der Waals surface area contributed by atoms with Gasteiger partial charge in [0.1, 0.15) is 0 Å². The molecule has 0 amide bonds. The van der Waals surface area contributed by atoms with Crippen LogP contribution in [0.15, 0.2) is 0 Å². The summed E-state index contributed by atoms with van der Waals surface area (Å²) in [6.45, 7) is 4.14. The van der Waals surface area contributed by atoms with E-state index in [9.17, 15) is 8.42 Å². The molecule has 0 saturated heterocycles. The van der Waals surface area contributed by atoms with E-state index >= 15 is 0 Å². The van der Waals surface area contributed by atoms with Crippen molar-refractivity contribution in [2.24, 2.45) is 5.92 Å². The Morgan fingerprint density at radius 2 is 1.83 bits per heavy atom. The summed E-state index contributed by atoms with van der Waals surface area (Å²) >= 11 is 0. The molecule has 1 aliphatic rings. The van der Waals surface area contributed by atoms with Crippen LogP contribution in [0.25, 0.3) is 0 Å². The van der Waals surface area contributed by atoms with Crippen molar-refractivity contribution in [3.05, 3.63) is 0 Å². The molecule has 0 unspecified atom stereocenters. The van der Waals surface area contributed by atoms with Crippen LogP contribution >= 0.6 is 0 Å². The van der Waals surface area contributed by atoms with Crippen molar-refractivity contribution in [3.63, 3.8) is 0 Å². The van der Waals surface area contributed by atoms with Crippen LogP contribution in [-0.2, 0) is 10.0 Å². The van der Waals surface area contributed by atoms with Gasteiger partial charge in [0.05, 0.1) is 5.75 Å². The Morgan fingerprint density at radius 1 is 1.17 bits per heavy atom. The number of hydrogen-bond acceptors (Lipinski definition) is 2. The Bertz CT molecular complexity index is 308. The average molecular weight is 275 g/mol. The molecule has 108 valence electrons. The van der Waals surface area contributed by atoms with E-state index in [1.807, 2.05) is 6.92 Å². The molecule has 1 atom stereocenters. The fourth-order valence-electron chi connectivity index (χ4n) is 2.78. The molecule has 1 rings (SSSR count). The Balaban J connectivity index is 2.29. The first-order valence-corrected chi connectivity index (χ1v) is 9.18. The molecular formula is C14H29NO2S. The molecule has 1 aliphatic carbocycles. The summed E-state index contributed by atoms with van der Waals surface area (Å²) in [5.41, 5.74) is 0. The molecule has 1 fully saturated rings. The van der Waals surface area contributed by atoms with Crippen molar-refractivity contribution in [2.45, 2.75) is 77.7 Å². The van der Waals surface area contributed by atoms with Crippen LogP contribution < -0.4 is 4.72 Å². The standard InChI is InChI=1S/C14H29NO2S/c1-3-4-6-9-13(2)15-18(16,17)12-14-10-7-5-8-11-14/h13-15H,3-12H2,1-2H3/t13-/m1/s1. The lowest BCUT2D eigenvalue weighted by Gasteiger charge is -2.22. The molecule has 0 aliphatic heterocycles. The van der Waals surface area contributed by atoms with Crippen LogP contribution in [0.5, 0.6) is 0 Å². The first kappa shape index (κ1) is 16.0. The molecule has 0 bridgehead atoms. The van der Waals surface area contributed by atoms with Crippen LogP contribution in [0.4, 0.5) is 0 Å². The Hall–Kier alpha value is -0.0900. The lowest BCUT2D eigenvalue weighted by Crippen LogP contribution is -2.36. The maximum absolute atomic E-state index is 12.0. The SMILES string of the molecule is CCCCC[C@@H](C)NS(=O)(=O)CC1CCCCC1. The van der Waals surface area contributed by atoms with E-state index in [0.717, 1.165) is 25.7 Å². The Kier molecular flexibility index (Phi) is 7.23. The van der Waals surface area contributed by atoms with E-state index in [1.165, 1.54) is 32.1 Å². The third-order valence-corrected chi connectivity index (χ3v) is 5.47. The summed E-state index contributed by atoms with van der Waals surface area (Å²) in [4.78, 5) is 0. The van der Waals surface area contributed by atoms with Crippen LogP contribution in [0.1, 0.15) is 71.6 Å². The van der Waals surface area contributed by atoms with E-state index in [2.05, 4.69) is 11.6 Å². The van der Waals surface area contributed by atoms with Gasteiger partial charge in [0.2, 0.25) is 10.0 Å². The van der Waals surface area contributed by atoms with Gasteiger partial charge < -0.3 is 0 Å². The number of nitrogens with one attached hydrogen (secondary N) is 1. The maximum atomic E-state index is 12.0. The first-order valence-electron chi connectivity index (χ1n) is 7.53. The quantitative estimate of drug-likeness (QED) is 0.690. The van der Waals surface area contributed by atoms with Crippen LogP contribution in [0, 0.1) is 5.92 Å². The van der Waals surface area contributed by atoms with E-state index in [4.69, 9.17) is 0 Å². The lowest BCUT2D eigenvalue weighted by atomic mass is 9.91. The molecule has 0 aromatic heterocycles. The zero-order valence-corrected chi connectivity index (χ0v) is 12.8. The van der Waals surface area contributed by atoms with E-state index in [0.29, 0.717) is 11.7 Å². The molecule has 0 aromatic carbocycles. The minimum absolute atomic E-state index is 0.0881. The van der Waals surface area contributed by atoms with E-state index in [1.54, 1.807) is 0 Å². The van der Waals surface area contributed by atoms with Gasteiger partial charge in [0.15, 0.2) is 0 Å². The van der Waals surface area contributed by atoms with Crippen LogP contribution in [-0.4, -0.2) is 20.2 Å². The number of rotatable bonds is 8. The van der Waals surface area contributed by atoms with Gasteiger partial charge in [-0.3, -0.25) is 0 Å². The second kappa shape index (κ2) is 8.16. The predicted octanol–water partition coefficient (Wildman–Crippen LogP) is 3.45. The van der Waals surface area contributed by atoms with Gasteiger partial charge in [-0.05, 0) is 32.1 Å². The van der Waals surface area contributed by atoms with Gasteiger partial charge in [0, 0.05) is 6.04 Å². The van der Waals surface area contributed by atoms with Crippen molar-refractivity contribution in [1.29, 1.82) is 0 Å². The second-order valence-corrected chi connectivity index (χ2v) is 7.60. The predicted molar refractivity (Wildman–Crippen MR) is 77.1 cm³/mol. The van der Waals surface area contributed by atoms with Crippen molar-refractivity contribution in [1.82, 2.24) is 4.72 Å². The summed E-state index contributed by atoms with van der Waals surface area (Å²) in [6, 6.07) is 0.0881. The summed E-state index contributed by atoms with van der Waals surface area (Å²) in [7, 11) is -3.07. The van der Waals surface area contributed by atoms with Gasteiger partial charge in [-0.25, -0.2) is 13.1 Å². The van der Waals surface area contributed by atoms with Crippen molar-refractivity contribution in [2.75, 3.05) is 5.75 Å². The van der Waals surface area contributed by atoms with Crippen molar-refractivity contribution >= 4 is 10.0 Å². The molecule has 4 heteroatoms. The summed E-state index contributed by atoms with van der Waals surface area (Å²) in [5, 5.41) is 0. The highest BCUT2D eigenvalue weighted by Crippen LogP contribution is 2.24.